The first-order chi connectivity index (χ1) is 11.4. The molecule has 0 radical (unpaired) electrons. The summed E-state index contributed by atoms with van der Waals surface area (Å²) in [6, 6.07) is 0. The third-order valence-corrected chi connectivity index (χ3v) is 7.11. The van der Waals surface area contributed by atoms with Gasteiger partial charge in [-0.05, 0) is 38.5 Å². The molecule has 0 amide bonds. The van der Waals surface area contributed by atoms with Gasteiger partial charge in [-0.25, -0.2) is 0 Å². The topological polar surface area (TPSA) is 51.0 Å². The molecule has 0 saturated heterocycles. The minimum Gasteiger partial charge on any atom is -0.339 e. The number of aromatic nitrogens is 2. The van der Waals surface area contributed by atoms with Crippen molar-refractivity contribution in [1.82, 2.24) is 15.5 Å². The quantitative estimate of drug-likeness (QED) is 0.750. The van der Waals surface area contributed by atoms with E-state index in [1.54, 1.807) is 0 Å². The van der Waals surface area contributed by atoms with Crippen LogP contribution in [0.15, 0.2) is 4.52 Å². The molecule has 3 saturated carbocycles. The smallest absolute Gasteiger partial charge is 0.229 e. The molecule has 0 aromatic carbocycles. The summed E-state index contributed by atoms with van der Waals surface area (Å²) in [7, 11) is 0. The molecular weight excluding hydrogens is 306 g/mol. The number of rotatable bonds is 7. The maximum Gasteiger partial charge on any atom is 0.229 e. The van der Waals surface area contributed by atoms with Gasteiger partial charge < -0.3 is 9.84 Å². The zero-order valence-corrected chi connectivity index (χ0v) is 14.9. The first-order valence-electron chi connectivity index (χ1n) is 9.56. The molecular formula is C18H29N3OS. The van der Waals surface area contributed by atoms with Gasteiger partial charge in [0.1, 0.15) is 0 Å². The Hall–Kier alpha value is -0.550. The molecule has 3 aliphatic carbocycles. The van der Waals surface area contributed by atoms with Crippen LogP contribution < -0.4 is 5.32 Å². The molecule has 4 rings (SSSR count). The van der Waals surface area contributed by atoms with Gasteiger partial charge in [-0.3, -0.25) is 0 Å². The summed E-state index contributed by atoms with van der Waals surface area (Å²) in [5.74, 6) is 3.57. The fourth-order valence-electron chi connectivity index (χ4n) is 4.13. The fourth-order valence-corrected chi connectivity index (χ4v) is 5.35. The summed E-state index contributed by atoms with van der Waals surface area (Å²) in [6.07, 6.45) is 14.5. The Balaban J connectivity index is 1.31. The van der Waals surface area contributed by atoms with Crippen LogP contribution in [0.25, 0.3) is 0 Å². The molecule has 3 aliphatic rings. The summed E-state index contributed by atoms with van der Waals surface area (Å²) in [4.78, 5) is 4.75. The van der Waals surface area contributed by atoms with Gasteiger partial charge in [0.2, 0.25) is 5.89 Å². The number of nitrogens with one attached hydrogen (secondary N) is 1. The molecule has 1 aromatic rings. The summed E-state index contributed by atoms with van der Waals surface area (Å²) < 4.78 is 5.52. The molecule has 0 bridgehead atoms. The van der Waals surface area contributed by atoms with Crippen LogP contribution in [-0.2, 0) is 5.54 Å². The summed E-state index contributed by atoms with van der Waals surface area (Å²) >= 11 is 2.17. The Morgan fingerprint density at radius 2 is 1.83 bits per heavy atom. The fraction of sp³-hybridized carbons (Fsp3) is 0.889. The zero-order valence-electron chi connectivity index (χ0n) is 14.1. The average molecular weight is 336 g/mol. The Morgan fingerprint density at radius 1 is 1.04 bits per heavy atom. The summed E-state index contributed by atoms with van der Waals surface area (Å²) in [5.41, 5.74) is -0.0102. The van der Waals surface area contributed by atoms with Crippen LogP contribution in [0.3, 0.4) is 0 Å². The van der Waals surface area contributed by atoms with Gasteiger partial charge >= 0.3 is 0 Å². The monoisotopic (exact) mass is 335 g/mol. The minimum atomic E-state index is -0.0102. The van der Waals surface area contributed by atoms with E-state index in [0.29, 0.717) is 5.92 Å². The molecule has 5 heteroatoms. The maximum absolute atomic E-state index is 5.52. The lowest BCUT2D eigenvalue weighted by molar-refractivity contribution is 0.304. The zero-order chi connectivity index (χ0) is 15.5. The second-order valence-corrected chi connectivity index (χ2v) is 8.99. The van der Waals surface area contributed by atoms with E-state index in [-0.39, 0.29) is 5.54 Å². The van der Waals surface area contributed by atoms with E-state index in [2.05, 4.69) is 22.2 Å². The van der Waals surface area contributed by atoms with Gasteiger partial charge in [-0.15, -0.1) is 0 Å². The summed E-state index contributed by atoms with van der Waals surface area (Å²) in [6.45, 7) is 1.06. The van der Waals surface area contributed by atoms with Crippen molar-refractivity contribution in [2.24, 2.45) is 0 Å². The second-order valence-electron chi connectivity index (χ2n) is 7.58. The van der Waals surface area contributed by atoms with Crippen molar-refractivity contribution in [2.45, 2.75) is 87.3 Å². The SMILES string of the molecule is C1CCC(SCCNC2(c3noc(C4CC4)n3)CCCC2)CC1. The Bertz CT molecular complexity index is 502. The van der Waals surface area contributed by atoms with E-state index in [0.717, 1.165) is 36.4 Å². The molecule has 4 nitrogen and oxygen atoms in total. The van der Waals surface area contributed by atoms with Gasteiger partial charge in [0.25, 0.3) is 0 Å². The Kier molecular flexibility index (Phi) is 4.95. The van der Waals surface area contributed by atoms with Crippen molar-refractivity contribution in [3.05, 3.63) is 11.7 Å². The predicted molar refractivity (Wildman–Crippen MR) is 93.8 cm³/mol. The van der Waals surface area contributed by atoms with Crippen molar-refractivity contribution < 1.29 is 4.52 Å². The Labute approximate surface area is 143 Å². The number of hydrogen-bond acceptors (Lipinski definition) is 5. The van der Waals surface area contributed by atoms with Crippen LogP contribution in [0.1, 0.15) is 88.3 Å². The van der Waals surface area contributed by atoms with Crippen molar-refractivity contribution in [1.29, 1.82) is 0 Å². The van der Waals surface area contributed by atoms with Crippen LogP contribution in [0, 0.1) is 0 Å². The van der Waals surface area contributed by atoms with Crippen LogP contribution in [0.2, 0.25) is 0 Å². The average Bonchev–Trinajstić information content (AvgIpc) is 3.12. The third kappa shape index (κ3) is 3.76. The van der Waals surface area contributed by atoms with E-state index < -0.39 is 0 Å². The van der Waals surface area contributed by atoms with Gasteiger partial charge in [-0.2, -0.15) is 16.7 Å². The minimum absolute atomic E-state index is 0.0102. The lowest BCUT2D eigenvalue weighted by atomic mass is 9.96. The lowest BCUT2D eigenvalue weighted by Gasteiger charge is -2.27. The largest absolute Gasteiger partial charge is 0.339 e. The molecule has 0 unspecified atom stereocenters. The molecule has 0 aliphatic heterocycles. The van der Waals surface area contributed by atoms with Gasteiger partial charge in [0.05, 0.1) is 5.54 Å². The van der Waals surface area contributed by atoms with Crippen molar-refractivity contribution in [3.63, 3.8) is 0 Å². The Morgan fingerprint density at radius 3 is 2.57 bits per heavy atom. The third-order valence-electron chi connectivity index (χ3n) is 5.72. The highest BCUT2D eigenvalue weighted by molar-refractivity contribution is 7.99. The highest BCUT2D eigenvalue weighted by Gasteiger charge is 2.41. The molecule has 1 aromatic heterocycles. The van der Waals surface area contributed by atoms with Gasteiger partial charge in [0.15, 0.2) is 5.82 Å². The molecule has 1 heterocycles. The van der Waals surface area contributed by atoms with E-state index in [4.69, 9.17) is 9.51 Å². The normalized spacial score (nSPS) is 25.0. The van der Waals surface area contributed by atoms with E-state index in [9.17, 15) is 0 Å². The number of nitrogens with zero attached hydrogens (tertiary/aromatic N) is 2. The molecule has 3 fully saturated rings. The van der Waals surface area contributed by atoms with Crippen LogP contribution in [-0.4, -0.2) is 27.7 Å². The first-order valence-corrected chi connectivity index (χ1v) is 10.6. The molecule has 0 atom stereocenters. The second kappa shape index (κ2) is 7.14. The van der Waals surface area contributed by atoms with E-state index in [1.165, 1.54) is 63.5 Å². The molecule has 0 spiro atoms. The van der Waals surface area contributed by atoms with Crippen molar-refractivity contribution >= 4 is 11.8 Å². The first kappa shape index (κ1) is 15.9. The summed E-state index contributed by atoms with van der Waals surface area (Å²) in [5, 5.41) is 9.06. The standard InChI is InChI=1S/C18H29N3OS/c1-2-6-15(7-3-1)23-13-12-19-18(10-4-5-11-18)17-20-16(22-21-17)14-8-9-14/h14-15,19H,1-13H2. The molecule has 128 valence electrons. The van der Waals surface area contributed by atoms with Crippen LogP contribution in [0.4, 0.5) is 0 Å². The van der Waals surface area contributed by atoms with E-state index in [1.807, 2.05) is 0 Å². The van der Waals surface area contributed by atoms with Crippen LogP contribution >= 0.6 is 11.8 Å². The highest BCUT2D eigenvalue weighted by atomic mass is 32.2. The van der Waals surface area contributed by atoms with Gasteiger partial charge in [-0.1, -0.05) is 37.3 Å². The highest BCUT2D eigenvalue weighted by Crippen LogP contribution is 2.42. The van der Waals surface area contributed by atoms with Crippen LogP contribution in [0.5, 0.6) is 0 Å². The van der Waals surface area contributed by atoms with E-state index >= 15 is 0 Å². The molecule has 23 heavy (non-hydrogen) atoms. The number of hydrogen-bond donors (Lipinski definition) is 1. The maximum atomic E-state index is 5.52. The van der Waals surface area contributed by atoms with Crippen molar-refractivity contribution in [2.75, 3.05) is 12.3 Å². The number of thioether (sulfide) groups is 1. The molecule has 1 N–H and O–H groups in total. The van der Waals surface area contributed by atoms with Crippen molar-refractivity contribution in [3.8, 4) is 0 Å². The lowest BCUT2D eigenvalue weighted by Crippen LogP contribution is -2.42. The van der Waals surface area contributed by atoms with Gasteiger partial charge in [0, 0.05) is 23.5 Å². The predicted octanol–water partition coefficient (Wildman–Crippen LogP) is 4.37.